The highest BCUT2D eigenvalue weighted by molar-refractivity contribution is 7.85. The van der Waals surface area contributed by atoms with Gasteiger partial charge in [-0.15, -0.1) is 0 Å². The maximum Gasteiger partial charge on any atom is 0.325 e. The summed E-state index contributed by atoms with van der Waals surface area (Å²) in [6.45, 7) is 0. The number of oxime groups is 1. The first-order chi connectivity index (χ1) is 10.0. The van der Waals surface area contributed by atoms with Crippen molar-refractivity contribution >= 4 is 26.6 Å². The molecule has 4 nitrogen and oxygen atoms in total. The van der Waals surface area contributed by atoms with E-state index in [2.05, 4.69) is 33.7 Å². The Hall–Kier alpha value is -1.88. The van der Waals surface area contributed by atoms with E-state index in [1.807, 2.05) is 6.07 Å². The number of aryl methyl sites for hydroxylation is 1. The van der Waals surface area contributed by atoms with Gasteiger partial charge in [0.15, 0.2) is 0 Å². The third kappa shape index (κ3) is 2.03. The second-order valence-electron chi connectivity index (χ2n) is 5.80. The zero-order chi connectivity index (χ0) is 14.6. The SMILES string of the molecule is CS(=O)(=O)O/N=C1\CC2CCc3cccc4ccc1c2c34. The van der Waals surface area contributed by atoms with Gasteiger partial charge in [-0.1, -0.05) is 35.5 Å². The molecular formula is C16H15NO3S. The van der Waals surface area contributed by atoms with Crippen LogP contribution in [0.4, 0.5) is 0 Å². The smallest absolute Gasteiger partial charge is 0.268 e. The van der Waals surface area contributed by atoms with Crippen molar-refractivity contribution in [1.29, 1.82) is 0 Å². The van der Waals surface area contributed by atoms with Crippen molar-refractivity contribution in [2.45, 2.75) is 25.2 Å². The Kier molecular flexibility index (Phi) is 2.63. The second-order valence-corrected chi connectivity index (χ2v) is 7.36. The lowest BCUT2D eigenvalue weighted by Crippen LogP contribution is -2.05. The first-order valence-corrected chi connectivity index (χ1v) is 8.85. The third-order valence-corrected chi connectivity index (χ3v) is 4.72. The van der Waals surface area contributed by atoms with Crippen LogP contribution < -0.4 is 0 Å². The van der Waals surface area contributed by atoms with Crippen LogP contribution in [0.25, 0.3) is 10.8 Å². The van der Waals surface area contributed by atoms with E-state index in [1.165, 1.54) is 21.9 Å². The van der Waals surface area contributed by atoms with Crippen LogP contribution in [0, 0.1) is 0 Å². The van der Waals surface area contributed by atoms with Crippen LogP contribution in [-0.2, 0) is 20.8 Å². The Bertz CT molecular complexity index is 884. The molecule has 0 saturated heterocycles. The van der Waals surface area contributed by atoms with Crippen LogP contribution in [0.2, 0.25) is 0 Å². The van der Waals surface area contributed by atoms with Gasteiger partial charge in [-0.05, 0) is 40.7 Å². The van der Waals surface area contributed by atoms with Gasteiger partial charge < -0.3 is 0 Å². The summed E-state index contributed by atoms with van der Waals surface area (Å²) in [5.74, 6) is 0.431. The van der Waals surface area contributed by atoms with Crippen molar-refractivity contribution in [2.24, 2.45) is 5.16 Å². The lowest BCUT2D eigenvalue weighted by Gasteiger charge is -2.21. The highest BCUT2D eigenvalue weighted by atomic mass is 32.2. The van der Waals surface area contributed by atoms with Crippen molar-refractivity contribution in [1.82, 2.24) is 0 Å². The topological polar surface area (TPSA) is 55.7 Å². The molecule has 108 valence electrons. The summed E-state index contributed by atoms with van der Waals surface area (Å²) in [6.07, 6.45) is 3.93. The molecule has 4 rings (SSSR count). The maximum absolute atomic E-state index is 11.1. The van der Waals surface area contributed by atoms with Gasteiger partial charge in [-0.2, -0.15) is 8.42 Å². The summed E-state index contributed by atoms with van der Waals surface area (Å²) >= 11 is 0. The van der Waals surface area contributed by atoms with Gasteiger partial charge in [-0.25, -0.2) is 0 Å². The monoisotopic (exact) mass is 301 g/mol. The fourth-order valence-electron chi connectivity index (χ4n) is 3.59. The van der Waals surface area contributed by atoms with E-state index in [0.717, 1.165) is 36.8 Å². The lowest BCUT2D eigenvalue weighted by molar-refractivity contribution is 0.342. The second kappa shape index (κ2) is 4.31. The van der Waals surface area contributed by atoms with E-state index in [4.69, 9.17) is 0 Å². The summed E-state index contributed by atoms with van der Waals surface area (Å²) in [4.78, 5) is 0. The van der Waals surface area contributed by atoms with Crippen molar-refractivity contribution in [3.63, 3.8) is 0 Å². The molecule has 0 amide bonds. The van der Waals surface area contributed by atoms with Gasteiger partial charge >= 0.3 is 10.1 Å². The summed E-state index contributed by atoms with van der Waals surface area (Å²) < 4.78 is 26.9. The number of hydrogen-bond acceptors (Lipinski definition) is 4. The predicted molar refractivity (Wildman–Crippen MR) is 82.1 cm³/mol. The lowest BCUT2D eigenvalue weighted by atomic mass is 9.82. The standard InChI is InChI=1S/C16H15NO3S/c1-21(18,19)20-17-14-9-12-6-5-10-3-2-4-11-7-8-13(14)16(12)15(10)11/h2-4,7-8,12H,5-6,9H2,1H3/b17-14+. The summed E-state index contributed by atoms with van der Waals surface area (Å²) in [5.41, 5.74) is 4.50. The molecule has 5 heteroatoms. The van der Waals surface area contributed by atoms with Crippen LogP contribution in [-0.4, -0.2) is 20.4 Å². The van der Waals surface area contributed by atoms with Crippen molar-refractivity contribution in [3.05, 3.63) is 47.0 Å². The van der Waals surface area contributed by atoms with Crippen LogP contribution in [0.5, 0.6) is 0 Å². The molecule has 1 unspecified atom stereocenters. The fourth-order valence-corrected chi connectivity index (χ4v) is 3.81. The number of rotatable bonds is 2. The van der Waals surface area contributed by atoms with E-state index in [1.54, 1.807) is 0 Å². The zero-order valence-electron chi connectivity index (χ0n) is 11.7. The van der Waals surface area contributed by atoms with Gasteiger partial charge in [0.2, 0.25) is 0 Å². The molecule has 2 aromatic carbocycles. The molecule has 0 aliphatic heterocycles. The van der Waals surface area contributed by atoms with Crippen LogP contribution in [0.15, 0.2) is 35.5 Å². The van der Waals surface area contributed by atoms with E-state index in [0.29, 0.717) is 5.92 Å². The highest BCUT2D eigenvalue weighted by Crippen LogP contribution is 2.45. The zero-order valence-corrected chi connectivity index (χ0v) is 12.5. The normalized spacial score (nSPS) is 22.0. The van der Waals surface area contributed by atoms with Gasteiger partial charge in [0.05, 0.1) is 12.0 Å². The quantitative estimate of drug-likeness (QED) is 0.801. The van der Waals surface area contributed by atoms with Gasteiger partial charge in [0.25, 0.3) is 0 Å². The first kappa shape index (κ1) is 12.8. The molecule has 2 aliphatic rings. The first-order valence-electron chi connectivity index (χ1n) is 7.03. The highest BCUT2D eigenvalue weighted by Gasteiger charge is 2.33. The van der Waals surface area contributed by atoms with Crippen molar-refractivity contribution < 1.29 is 12.7 Å². The van der Waals surface area contributed by atoms with Gasteiger partial charge in [-0.3, -0.25) is 4.28 Å². The average molecular weight is 301 g/mol. The molecule has 0 fully saturated rings. The van der Waals surface area contributed by atoms with Crippen LogP contribution in [0.1, 0.15) is 35.4 Å². The van der Waals surface area contributed by atoms with E-state index in [-0.39, 0.29) is 0 Å². The predicted octanol–water partition coefficient (Wildman–Crippen LogP) is 2.95. The van der Waals surface area contributed by atoms with Crippen LogP contribution in [0.3, 0.4) is 0 Å². The molecule has 2 aromatic rings. The molecule has 0 spiro atoms. The minimum Gasteiger partial charge on any atom is -0.268 e. The third-order valence-electron chi connectivity index (χ3n) is 4.38. The number of benzene rings is 2. The summed E-state index contributed by atoms with van der Waals surface area (Å²) in [6, 6.07) is 10.5. The van der Waals surface area contributed by atoms with E-state index < -0.39 is 10.1 Å². The summed E-state index contributed by atoms with van der Waals surface area (Å²) in [7, 11) is -3.56. The maximum atomic E-state index is 11.1. The molecule has 0 heterocycles. The molecule has 0 saturated carbocycles. The Morgan fingerprint density at radius 1 is 1.24 bits per heavy atom. The van der Waals surface area contributed by atoms with Crippen molar-refractivity contribution in [2.75, 3.05) is 6.26 Å². The van der Waals surface area contributed by atoms with Crippen LogP contribution >= 0.6 is 0 Å². The Morgan fingerprint density at radius 3 is 2.90 bits per heavy atom. The average Bonchev–Trinajstić information content (AvgIpc) is 2.82. The molecule has 21 heavy (non-hydrogen) atoms. The van der Waals surface area contributed by atoms with Gasteiger partial charge in [0.1, 0.15) is 0 Å². The largest absolute Gasteiger partial charge is 0.325 e. The molecule has 2 aliphatic carbocycles. The molecule has 0 N–H and O–H groups in total. The fraction of sp³-hybridized carbons (Fsp3) is 0.312. The number of hydrogen-bond donors (Lipinski definition) is 0. The molecule has 0 bridgehead atoms. The molecule has 0 radical (unpaired) electrons. The Balaban J connectivity index is 1.92. The molecule has 0 aromatic heterocycles. The number of nitrogens with zero attached hydrogens (tertiary/aromatic N) is 1. The summed E-state index contributed by atoms with van der Waals surface area (Å²) in [5, 5.41) is 6.47. The molecule has 1 atom stereocenters. The minimum absolute atomic E-state index is 0.431. The minimum atomic E-state index is -3.56. The van der Waals surface area contributed by atoms with E-state index >= 15 is 0 Å². The molecular weight excluding hydrogens is 286 g/mol. The Morgan fingerprint density at radius 2 is 2.10 bits per heavy atom. The van der Waals surface area contributed by atoms with E-state index in [9.17, 15) is 8.42 Å². The van der Waals surface area contributed by atoms with Gasteiger partial charge in [0, 0.05) is 12.0 Å². The van der Waals surface area contributed by atoms with Crippen molar-refractivity contribution in [3.8, 4) is 0 Å². The Labute approximate surface area is 123 Å².